The van der Waals surface area contributed by atoms with Gasteiger partial charge < -0.3 is 5.73 Å². The number of nitrogens with two attached hydrogens (primary N) is 1. The monoisotopic (exact) mass is 209 g/mol. The third-order valence-corrected chi connectivity index (χ3v) is 1.93. The Bertz CT molecular complexity index is 309. The maximum atomic E-state index is 12.2. The first-order chi connectivity index (χ1) is 5.96. The fraction of sp³-hybridized carbons (Fsp3) is 0.250. The fourth-order valence-corrected chi connectivity index (χ4v) is 1.21. The molecule has 1 aromatic rings. The lowest BCUT2D eigenvalue weighted by molar-refractivity contribution is -0.136. The van der Waals surface area contributed by atoms with Crippen LogP contribution in [0.3, 0.4) is 0 Å². The molecule has 0 amide bonds. The molecule has 13 heavy (non-hydrogen) atoms. The number of hydrogen-bond donors (Lipinski definition) is 1. The summed E-state index contributed by atoms with van der Waals surface area (Å²) >= 11 is 5.41. The van der Waals surface area contributed by atoms with E-state index in [0.29, 0.717) is 5.56 Å². The molecule has 0 saturated heterocycles. The van der Waals surface area contributed by atoms with E-state index in [9.17, 15) is 13.2 Å². The third-order valence-electron chi connectivity index (χ3n) is 1.65. The number of benzene rings is 1. The van der Waals surface area contributed by atoms with Gasteiger partial charge in [-0.25, -0.2) is 0 Å². The van der Waals surface area contributed by atoms with Gasteiger partial charge in [0.1, 0.15) is 0 Å². The number of rotatable bonds is 1. The summed E-state index contributed by atoms with van der Waals surface area (Å²) in [6, 6.07) is 3.69. The maximum Gasteiger partial charge on any atom is 0.418 e. The zero-order valence-corrected chi connectivity index (χ0v) is 7.28. The largest absolute Gasteiger partial charge is 0.418 e. The van der Waals surface area contributed by atoms with Crippen molar-refractivity contribution < 1.29 is 13.2 Å². The normalized spacial score (nSPS) is 11.7. The quantitative estimate of drug-likeness (QED) is 0.558. The Morgan fingerprint density at radius 1 is 1.31 bits per heavy atom. The van der Waals surface area contributed by atoms with E-state index in [1.807, 2.05) is 0 Å². The van der Waals surface area contributed by atoms with Crippen molar-refractivity contribution in [2.45, 2.75) is 12.1 Å². The van der Waals surface area contributed by atoms with Crippen LogP contribution in [-0.4, -0.2) is 0 Å². The number of para-hydroxylation sites is 1. The lowest BCUT2D eigenvalue weighted by Crippen LogP contribution is -2.10. The summed E-state index contributed by atoms with van der Waals surface area (Å²) < 4.78 is 36.7. The van der Waals surface area contributed by atoms with Gasteiger partial charge in [0.05, 0.1) is 5.56 Å². The van der Waals surface area contributed by atoms with E-state index >= 15 is 0 Å². The molecule has 0 fully saturated rings. The van der Waals surface area contributed by atoms with E-state index in [2.05, 4.69) is 0 Å². The topological polar surface area (TPSA) is 26.0 Å². The summed E-state index contributed by atoms with van der Waals surface area (Å²) in [5, 5.41) is 0. The van der Waals surface area contributed by atoms with Crippen molar-refractivity contribution in [1.29, 1.82) is 0 Å². The molecule has 0 aromatic heterocycles. The minimum atomic E-state index is -4.41. The predicted octanol–water partition coefficient (Wildman–Crippen LogP) is 3.03. The number of alkyl halides is 4. The maximum absolute atomic E-state index is 12.2. The molecule has 2 N–H and O–H groups in total. The summed E-state index contributed by atoms with van der Waals surface area (Å²) in [6.07, 6.45) is -4.41. The van der Waals surface area contributed by atoms with Crippen molar-refractivity contribution in [2.24, 2.45) is 0 Å². The van der Waals surface area contributed by atoms with E-state index in [0.717, 1.165) is 6.07 Å². The Kier molecular flexibility index (Phi) is 2.71. The number of anilines is 1. The van der Waals surface area contributed by atoms with Gasteiger partial charge in [-0.05, 0) is 11.6 Å². The van der Waals surface area contributed by atoms with Crippen molar-refractivity contribution in [3.63, 3.8) is 0 Å². The molecular weight excluding hydrogens is 203 g/mol. The smallest absolute Gasteiger partial charge is 0.398 e. The van der Waals surface area contributed by atoms with Gasteiger partial charge in [0.25, 0.3) is 0 Å². The Morgan fingerprint density at radius 3 is 2.38 bits per heavy atom. The van der Waals surface area contributed by atoms with Crippen molar-refractivity contribution in [2.75, 3.05) is 5.73 Å². The molecule has 0 heterocycles. The molecule has 72 valence electrons. The van der Waals surface area contributed by atoms with E-state index in [1.54, 1.807) is 0 Å². The first-order valence-electron chi connectivity index (χ1n) is 3.47. The first kappa shape index (κ1) is 10.2. The number of nitrogen functional groups attached to an aromatic ring is 1. The molecule has 0 aliphatic heterocycles. The summed E-state index contributed by atoms with van der Waals surface area (Å²) in [6.45, 7) is 0. The van der Waals surface area contributed by atoms with Gasteiger partial charge in [-0.3, -0.25) is 0 Å². The molecule has 1 nitrogen and oxygen atoms in total. The Labute approximate surface area is 78.3 Å². The highest BCUT2D eigenvalue weighted by molar-refractivity contribution is 6.17. The molecule has 0 aliphatic carbocycles. The van der Waals surface area contributed by atoms with Crippen LogP contribution in [0.15, 0.2) is 18.2 Å². The van der Waals surface area contributed by atoms with Crippen LogP contribution in [0.5, 0.6) is 0 Å². The van der Waals surface area contributed by atoms with E-state index in [1.165, 1.54) is 12.1 Å². The van der Waals surface area contributed by atoms with E-state index < -0.39 is 11.7 Å². The molecule has 1 rings (SSSR count). The van der Waals surface area contributed by atoms with Crippen LogP contribution in [0.4, 0.5) is 18.9 Å². The van der Waals surface area contributed by atoms with Crippen LogP contribution >= 0.6 is 11.6 Å². The SMILES string of the molecule is Nc1c(CCl)cccc1C(F)(F)F. The number of halogens is 4. The summed E-state index contributed by atoms with van der Waals surface area (Å²) in [4.78, 5) is 0. The second-order valence-electron chi connectivity index (χ2n) is 2.51. The Balaban J connectivity index is 3.24. The third kappa shape index (κ3) is 2.06. The van der Waals surface area contributed by atoms with Crippen molar-refractivity contribution in [3.05, 3.63) is 29.3 Å². The molecule has 0 spiro atoms. The van der Waals surface area contributed by atoms with Gasteiger partial charge >= 0.3 is 6.18 Å². The zero-order chi connectivity index (χ0) is 10.1. The van der Waals surface area contributed by atoms with Gasteiger partial charge in [-0.15, -0.1) is 11.6 Å². The molecule has 0 unspecified atom stereocenters. The minimum Gasteiger partial charge on any atom is -0.398 e. The lowest BCUT2D eigenvalue weighted by atomic mass is 10.1. The van der Waals surface area contributed by atoms with Crippen molar-refractivity contribution >= 4 is 17.3 Å². The van der Waals surface area contributed by atoms with Crippen LogP contribution in [0.1, 0.15) is 11.1 Å². The standard InChI is InChI=1S/C8H7ClF3N/c9-4-5-2-1-3-6(7(5)13)8(10,11)12/h1-3H,4,13H2. The fourth-order valence-electron chi connectivity index (χ4n) is 0.977. The molecule has 1 aromatic carbocycles. The van der Waals surface area contributed by atoms with E-state index in [4.69, 9.17) is 17.3 Å². The summed E-state index contributed by atoms with van der Waals surface area (Å²) in [7, 11) is 0. The van der Waals surface area contributed by atoms with Gasteiger partial charge in [0.2, 0.25) is 0 Å². The second kappa shape index (κ2) is 3.46. The first-order valence-corrected chi connectivity index (χ1v) is 4.00. The molecule has 5 heteroatoms. The second-order valence-corrected chi connectivity index (χ2v) is 2.78. The highest BCUT2D eigenvalue weighted by Gasteiger charge is 2.33. The van der Waals surface area contributed by atoms with Crippen LogP contribution in [-0.2, 0) is 12.1 Å². The summed E-state index contributed by atoms with van der Waals surface area (Å²) in [5.74, 6) is -0.0181. The molecular formula is C8H7ClF3N. The highest BCUT2D eigenvalue weighted by Crippen LogP contribution is 2.35. The summed E-state index contributed by atoms with van der Waals surface area (Å²) in [5.41, 5.74) is 4.46. The van der Waals surface area contributed by atoms with Gasteiger partial charge in [-0.2, -0.15) is 13.2 Å². The van der Waals surface area contributed by atoms with Crippen LogP contribution in [0.25, 0.3) is 0 Å². The van der Waals surface area contributed by atoms with Gasteiger partial charge in [0, 0.05) is 11.6 Å². The molecule has 0 atom stereocenters. The van der Waals surface area contributed by atoms with E-state index in [-0.39, 0.29) is 11.6 Å². The molecule has 0 radical (unpaired) electrons. The number of hydrogen-bond acceptors (Lipinski definition) is 1. The van der Waals surface area contributed by atoms with Gasteiger partial charge in [0.15, 0.2) is 0 Å². The Hall–Kier alpha value is -0.900. The zero-order valence-electron chi connectivity index (χ0n) is 6.53. The van der Waals surface area contributed by atoms with Crippen LogP contribution in [0, 0.1) is 0 Å². The highest BCUT2D eigenvalue weighted by atomic mass is 35.5. The molecule has 0 aliphatic rings. The minimum absolute atomic E-state index is 0.0181. The molecule has 0 saturated carbocycles. The average Bonchev–Trinajstić information content (AvgIpc) is 2.02. The lowest BCUT2D eigenvalue weighted by Gasteiger charge is -2.11. The average molecular weight is 210 g/mol. The van der Waals surface area contributed by atoms with Gasteiger partial charge in [-0.1, -0.05) is 12.1 Å². The van der Waals surface area contributed by atoms with Crippen molar-refractivity contribution in [3.8, 4) is 0 Å². The van der Waals surface area contributed by atoms with Crippen molar-refractivity contribution in [1.82, 2.24) is 0 Å². The van der Waals surface area contributed by atoms with Crippen LogP contribution < -0.4 is 5.73 Å². The molecule has 0 bridgehead atoms. The Morgan fingerprint density at radius 2 is 1.92 bits per heavy atom. The van der Waals surface area contributed by atoms with Crippen LogP contribution in [0.2, 0.25) is 0 Å². The predicted molar refractivity (Wildman–Crippen MR) is 45.4 cm³/mol.